The minimum Gasteiger partial charge on any atom is -0.507 e. The van der Waals surface area contributed by atoms with E-state index >= 15 is 4.79 Å². The lowest BCUT2D eigenvalue weighted by atomic mass is 9.60. The predicted molar refractivity (Wildman–Crippen MR) is 183 cm³/mol. The van der Waals surface area contributed by atoms with Crippen LogP contribution in [0, 0.1) is 0 Å². The van der Waals surface area contributed by atoms with Gasteiger partial charge in [0.15, 0.2) is 0 Å². The number of fused-ring (bicyclic) bond motifs is 3. The molecule has 0 aromatic heterocycles. The van der Waals surface area contributed by atoms with Crippen LogP contribution in [0.1, 0.15) is 103 Å². The third-order valence-corrected chi connectivity index (χ3v) is 8.95. The monoisotopic (exact) mass is 657 g/mol. The number of anilines is 1. The van der Waals surface area contributed by atoms with Crippen molar-refractivity contribution in [1.82, 2.24) is 0 Å². The highest BCUT2D eigenvalue weighted by Crippen LogP contribution is 2.60. The van der Waals surface area contributed by atoms with Crippen LogP contribution in [0.2, 0.25) is 0 Å². The van der Waals surface area contributed by atoms with Crippen LogP contribution in [0.5, 0.6) is 17.2 Å². The van der Waals surface area contributed by atoms with E-state index in [2.05, 4.69) is 0 Å². The molecule has 0 bridgehead atoms. The van der Waals surface area contributed by atoms with Gasteiger partial charge in [0.1, 0.15) is 28.3 Å². The number of hydrogen-bond acceptors (Lipinski definition) is 8. The highest BCUT2D eigenvalue weighted by Gasteiger charge is 2.68. The van der Waals surface area contributed by atoms with Crippen molar-refractivity contribution in [2.45, 2.75) is 103 Å². The Balaban J connectivity index is 1.97. The highest BCUT2D eigenvalue weighted by molar-refractivity contribution is 6.23. The van der Waals surface area contributed by atoms with Crippen LogP contribution in [0.4, 0.5) is 10.5 Å². The molecular formula is C39H47NO8. The average molecular weight is 658 g/mol. The van der Waals surface area contributed by atoms with E-state index in [4.69, 9.17) is 18.9 Å². The first-order valence-corrected chi connectivity index (χ1v) is 16.3. The number of ether oxygens (including phenoxy) is 4. The molecule has 0 aliphatic carbocycles. The Kier molecular flexibility index (Phi) is 8.60. The number of phenols is 1. The normalized spacial score (nSPS) is 20.6. The number of imide groups is 1. The lowest BCUT2D eigenvalue weighted by Crippen LogP contribution is -2.61. The first-order valence-electron chi connectivity index (χ1n) is 16.3. The molecule has 9 heteroatoms. The number of hydrogen-bond donors (Lipinski definition) is 1. The summed E-state index contributed by atoms with van der Waals surface area (Å²) < 4.78 is 23.6. The SMILES string of the molecule is CCOC(=O)[C@H]1Oc2ccccc2[C@@H](c2cc(C(C)(C)C)c(O)c(C(C)(C)C)c2)[C@]12C(=O)N(C(=O)OC(C)(C)C)c1ccc(OC)cc12. The number of benzene rings is 3. The quantitative estimate of drug-likeness (QED) is 0.285. The molecule has 1 N–H and O–H groups in total. The van der Waals surface area contributed by atoms with Gasteiger partial charge in [0.25, 0.3) is 5.91 Å². The van der Waals surface area contributed by atoms with Gasteiger partial charge in [-0.1, -0.05) is 71.9 Å². The van der Waals surface area contributed by atoms with Crippen LogP contribution in [0.25, 0.3) is 0 Å². The molecule has 2 heterocycles. The zero-order chi connectivity index (χ0) is 35.6. The van der Waals surface area contributed by atoms with Crippen molar-refractivity contribution < 1.29 is 38.4 Å². The van der Waals surface area contributed by atoms with Gasteiger partial charge in [-0.25, -0.2) is 14.5 Å². The van der Waals surface area contributed by atoms with Crippen LogP contribution in [0.15, 0.2) is 54.6 Å². The molecule has 9 nitrogen and oxygen atoms in total. The van der Waals surface area contributed by atoms with Crippen molar-refractivity contribution in [1.29, 1.82) is 0 Å². The molecule has 2 amide bonds. The largest absolute Gasteiger partial charge is 0.507 e. The number of carbonyl (C=O) groups is 3. The number of nitrogens with zero attached hydrogens (tertiary/aromatic N) is 1. The maximum atomic E-state index is 15.5. The maximum absolute atomic E-state index is 15.5. The van der Waals surface area contributed by atoms with E-state index in [1.54, 1.807) is 58.0 Å². The summed E-state index contributed by atoms with van der Waals surface area (Å²) in [5.41, 5.74) is -0.505. The van der Waals surface area contributed by atoms with Gasteiger partial charge in [0, 0.05) is 17.0 Å². The number of phenolic OH excluding ortho intramolecular Hbond substituents is 1. The molecular weight excluding hydrogens is 610 g/mol. The van der Waals surface area contributed by atoms with Crippen molar-refractivity contribution in [3.63, 3.8) is 0 Å². The number of rotatable bonds is 4. The molecule has 3 aromatic rings. The van der Waals surface area contributed by atoms with Crippen molar-refractivity contribution in [2.24, 2.45) is 0 Å². The Hall–Kier alpha value is -4.53. The van der Waals surface area contributed by atoms with E-state index < -0.39 is 51.8 Å². The van der Waals surface area contributed by atoms with E-state index in [9.17, 15) is 14.7 Å². The fraction of sp³-hybridized carbons (Fsp3) is 0.462. The van der Waals surface area contributed by atoms with Crippen LogP contribution in [-0.2, 0) is 35.3 Å². The van der Waals surface area contributed by atoms with Crippen LogP contribution in [0.3, 0.4) is 0 Å². The van der Waals surface area contributed by atoms with Crippen LogP contribution < -0.4 is 14.4 Å². The van der Waals surface area contributed by atoms with E-state index in [0.29, 0.717) is 39.3 Å². The van der Waals surface area contributed by atoms with Crippen molar-refractivity contribution in [3.8, 4) is 17.2 Å². The summed E-state index contributed by atoms with van der Waals surface area (Å²) in [6, 6.07) is 16.1. The molecule has 3 atom stereocenters. The Morgan fingerprint density at radius 3 is 2.06 bits per heavy atom. The smallest absolute Gasteiger partial charge is 0.421 e. The molecule has 48 heavy (non-hydrogen) atoms. The van der Waals surface area contributed by atoms with Crippen molar-refractivity contribution in [2.75, 3.05) is 18.6 Å². The second-order valence-electron chi connectivity index (χ2n) is 15.6. The lowest BCUT2D eigenvalue weighted by molar-refractivity contribution is -0.159. The number of para-hydroxylation sites is 1. The third kappa shape index (κ3) is 5.67. The van der Waals surface area contributed by atoms with E-state index in [1.807, 2.05) is 65.8 Å². The van der Waals surface area contributed by atoms with Gasteiger partial charge in [-0.2, -0.15) is 0 Å². The molecule has 1 spiro atoms. The lowest BCUT2D eigenvalue weighted by Gasteiger charge is -2.46. The Labute approximate surface area is 283 Å². The Morgan fingerprint density at radius 1 is 0.917 bits per heavy atom. The number of amides is 2. The fourth-order valence-electron chi connectivity index (χ4n) is 6.90. The summed E-state index contributed by atoms with van der Waals surface area (Å²) in [5, 5.41) is 11.7. The second-order valence-corrected chi connectivity index (χ2v) is 15.6. The van der Waals surface area contributed by atoms with Gasteiger partial charge in [-0.3, -0.25) is 4.79 Å². The van der Waals surface area contributed by atoms with E-state index in [1.165, 1.54) is 7.11 Å². The van der Waals surface area contributed by atoms with Gasteiger partial charge in [0.05, 0.1) is 19.4 Å². The van der Waals surface area contributed by atoms with Gasteiger partial charge in [-0.05, 0) is 79.5 Å². The Bertz CT molecular complexity index is 1740. The van der Waals surface area contributed by atoms with Crippen LogP contribution >= 0.6 is 0 Å². The third-order valence-electron chi connectivity index (χ3n) is 8.95. The summed E-state index contributed by atoms with van der Waals surface area (Å²) in [6.45, 7) is 19.0. The topological polar surface area (TPSA) is 112 Å². The summed E-state index contributed by atoms with van der Waals surface area (Å²) in [4.78, 5) is 44.6. The second kappa shape index (κ2) is 11.9. The molecule has 3 aromatic carbocycles. The molecule has 0 saturated carbocycles. The van der Waals surface area contributed by atoms with E-state index in [-0.39, 0.29) is 18.0 Å². The number of aromatic hydroxyl groups is 1. The number of methoxy groups -OCH3 is 1. The summed E-state index contributed by atoms with van der Waals surface area (Å²) in [5.74, 6) is -1.34. The van der Waals surface area contributed by atoms with E-state index in [0.717, 1.165) is 4.90 Å². The standard InChI is InChI=1S/C39H47NO8/c1-12-46-33(42)32-39(25-21-23(45-11)17-18-28(25)40(34(39)43)35(44)48-38(8,9)10)30(24-15-13-14-16-29(24)47-32)22-19-26(36(2,3)4)31(41)27(20-22)37(5,6)7/h13-21,30,32,41H,12H2,1-11H3/t30-,32-,39+/m1/s1. The fourth-order valence-corrected chi connectivity index (χ4v) is 6.90. The molecule has 5 rings (SSSR count). The first-order chi connectivity index (χ1) is 22.3. The molecule has 256 valence electrons. The molecule has 0 fully saturated rings. The number of esters is 1. The van der Waals surface area contributed by atoms with Crippen LogP contribution in [-0.4, -0.2) is 48.5 Å². The summed E-state index contributed by atoms with van der Waals surface area (Å²) in [7, 11) is 1.51. The summed E-state index contributed by atoms with van der Waals surface area (Å²) in [6.07, 6.45) is -2.39. The minimum absolute atomic E-state index is 0.0393. The predicted octanol–water partition coefficient (Wildman–Crippen LogP) is 7.67. The van der Waals surface area contributed by atoms with Gasteiger partial charge in [-0.15, -0.1) is 0 Å². The molecule has 0 radical (unpaired) electrons. The number of carbonyl (C=O) groups excluding carboxylic acids is 3. The zero-order valence-electron chi connectivity index (χ0n) is 29.8. The van der Waals surface area contributed by atoms with Gasteiger partial charge in [0.2, 0.25) is 6.10 Å². The average Bonchev–Trinajstić information content (AvgIpc) is 3.22. The first kappa shape index (κ1) is 34.8. The molecule has 2 aliphatic heterocycles. The highest BCUT2D eigenvalue weighted by atomic mass is 16.6. The maximum Gasteiger partial charge on any atom is 0.421 e. The van der Waals surface area contributed by atoms with Crippen molar-refractivity contribution >= 4 is 23.7 Å². The van der Waals surface area contributed by atoms with Crippen molar-refractivity contribution in [3.05, 3.63) is 82.4 Å². The molecule has 0 saturated heterocycles. The molecule has 0 unspecified atom stereocenters. The van der Waals surface area contributed by atoms with Gasteiger partial charge < -0.3 is 24.1 Å². The minimum atomic E-state index is -1.86. The summed E-state index contributed by atoms with van der Waals surface area (Å²) >= 11 is 0. The molecule has 2 aliphatic rings. The van der Waals surface area contributed by atoms with Gasteiger partial charge >= 0.3 is 12.1 Å². The zero-order valence-corrected chi connectivity index (χ0v) is 29.8. The Morgan fingerprint density at radius 2 is 1.52 bits per heavy atom.